The molecule has 10 heterocycles. The van der Waals surface area contributed by atoms with Crippen molar-refractivity contribution in [1.82, 2.24) is 76.8 Å². The Kier molecular flexibility index (Phi) is 44.7. The highest BCUT2D eigenvalue weighted by molar-refractivity contribution is 7.45. The summed E-state index contributed by atoms with van der Waals surface area (Å²) < 4.78 is 112. The standard InChI is InChI=1S/C21H33N6O5P.C21H33N6O4P.C20H33N4O6P.C20H33N4O5P/c1-13(2)27(14(3)4)33(30-9-7-8-22)32-16-10-18(31-17(16)11-29-6)26-12-23-19-20(26)24-15(5)25-21(19)28;1-14(2)27(15(3)4)32(29-9-7-8-22)31-17-10-19(30-18(17)11-28-6)26-13-25-20-16(5)23-12-24-21(20)26;1-13(2)24(14(3)4)31(28-9-7-8-21)30-16-10-18(29-17(16)12-27-6)23-11-15(5)19(25)22-20(23)26;1-14(2)24(15(3)4)30(27-11-7-9-21)29-17-12-19(28-18(17)13-26-6)23-10-8-16(5)22-20(23)25/h12-14,16-18H,7,9-11H2,1-6H3,(H,24,25,28);12-15,17-19H,7,9-11H2,1-6H3;11,13-14,16-18H,7,9-10,12H2,1-6H3,(H,22,25,26);8,10,14-15,17-19H,7,11-13H2,1-6H3/t16?,17-,18-,33?;17?,18-,19-,32?;16?,17-,18-,31?;17?,18-,19-,30?/m1111/s1. The van der Waals surface area contributed by atoms with Crippen LogP contribution in [0, 0.1) is 73.0 Å². The third-order valence-corrected chi connectivity index (χ3v) is 28.7. The van der Waals surface area contributed by atoms with Gasteiger partial charge in [0.1, 0.15) is 67.0 Å². The van der Waals surface area contributed by atoms with E-state index in [-0.39, 0.29) is 134 Å². The second-order valence-electron chi connectivity index (χ2n) is 32.5. The normalized spacial score (nSPS) is 22.3. The average molecular weight is 1840 g/mol. The van der Waals surface area contributed by atoms with Gasteiger partial charge >= 0.3 is 11.4 Å². The molecule has 4 aliphatic heterocycles. The number of imidazole rings is 2. The van der Waals surface area contributed by atoms with Gasteiger partial charge in [0.15, 0.2) is 16.8 Å². The maximum absolute atomic E-state index is 12.3. The molecule has 4 saturated heterocycles. The molecule has 40 nitrogen and oxygen atoms in total. The first-order chi connectivity index (χ1) is 60.1. The molecular formula is C82H132N20O20P4. The van der Waals surface area contributed by atoms with Crippen molar-refractivity contribution in [2.45, 2.75) is 312 Å². The molecule has 2 N–H and O–H groups in total. The molecule has 0 aromatic carbocycles. The Labute approximate surface area is 744 Å². The van der Waals surface area contributed by atoms with Crippen molar-refractivity contribution in [3.8, 4) is 24.3 Å². The lowest BCUT2D eigenvalue weighted by atomic mass is 10.2. The van der Waals surface area contributed by atoms with Crippen LogP contribution in [0.15, 0.2) is 56.6 Å². The molecule has 126 heavy (non-hydrogen) atoms. The van der Waals surface area contributed by atoms with Crippen molar-refractivity contribution >= 4 is 56.4 Å². The summed E-state index contributed by atoms with van der Waals surface area (Å²) in [5.41, 5.74) is 2.56. The van der Waals surface area contributed by atoms with Gasteiger partial charge in [0.05, 0.1) is 146 Å². The Morgan fingerprint density at radius 2 is 0.770 bits per heavy atom. The Balaban J connectivity index is 0.000000231. The van der Waals surface area contributed by atoms with Gasteiger partial charge in [-0.2, -0.15) is 26.0 Å². The number of aryl methyl sites for hydroxylation is 4. The number of aromatic amines is 2. The topological polar surface area (TPSA) is 453 Å². The van der Waals surface area contributed by atoms with Gasteiger partial charge in [0.2, 0.25) is 0 Å². The first-order valence-corrected chi connectivity index (χ1v) is 47.2. The van der Waals surface area contributed by atoms with Crippen LogP contribution in [-0.4, -0.2) is 255 Å². The number of nitriles is 4. The zero-order valence-electron chi connectivity index (χ0n) is 77.3. The summed E-state index contributed by atoms with van der Waals surface area (Å²) in [6, 6.07) is 11.8. The van der Waals surface area contributed by atoms with Crippen molar-refractivity contribution < 1.29 is 74.1 Å². The first-order valence-electron chi connectivity index (χ1n) is 42.6. The fourth-order valence-corrected chi connectivity index (χ4v) is 21.8. The van der Waals surface area contributed by atoms with Gasteiger partial charge in [0.25, 0.3) is 45.2 Å². The van der Waals surface area contributed by atoms with Crippen LogP contribution in [0.3, 0.4) is 0 Å². The average Bonchev–Trinajstić information content (AvgIpc) is 1.63. The third-order valence-electron chi connectivity index (χ3n) is 20.0. The monoisotopic (exact) mass is 1840 g/mol. The van der Waals surface area contributed by atoms with Crippen LogP contribution in [0.5, 0.6) is 0 Å². The highest BCUT2D eigenvalue weighted by atomic mass is 31.2. The van der Waals surface area contributed by atoms with E-state index in [0.29, 0.717) is 101 Å². The summed E-state index contributed by atoms with van der Waals surface area (Å²) in [6.07, 6.45) is 6.75. The van der Waals surface area contributed by atoms with Crippen LogP contribution < -0.4 is 22.5 Å². The minimum atomic E-state index is -1.47. The van der Waals surface area contributed by atoms with Crippen molar-refractivity contribution in [3.05, 3.63) is 102 Å². The maximum atomic E-state index is 12.3. The summed E-state index contributed by atoms with van der Waals surface area (Å²) in [5, 5.41) is 35.7. The predicted octanol–water partition coefficient (Wildman–Crippen LogP) is 12.3. The number of nitrogens with one attached hydrogen (secondary N) is 2. The number of fused-ring (bicyclic) bond motifs is 2. The van der Waals surface area contributed by atoms with Crippen LogP contribution >= 0.6 is 34.1 Å². The van der Waals surface area contributed by atoms with Crippen LogP contribution in [0.2, 0.25) is 0 Å². The summed E-state index contributed by atoms with van der Waals surface area (Å²) in [7, 11) is 0.742. The largest absolute Gasteiger partial charge is 0.382 e. The minimum absolute atomic E-state index is 0.164. The van der Waals surface area contributed by atoms with Crippen LogP contribution in [-0.2, 0) is 74.1 Å². The number of rotatable bonds is 44. The number of ether oxygens (including phenoxy) is 8. The molecule has 4 fully saturated rings. The number of aromatic nitrogens is 12. The fraction of sp³-hybridized carbons (Fsp3) is 0.732. The van der Waals surface area contributed by atoms with E-state index < -0.39 is 76.2 Å². The molecule has 6 aromatic rings. The van der Waals surface area contributed by atoms with E-state index in [2.05, 4.69) is 194 Å². The lowest BCUT2D eigenvalue weighted by molar-refractivity contribution is -0.0527. The second-order valence-corrected chi connectivity index (χ2v) is 38.2. The van der Waals surface area contributed by atoms with E-state index in [4.69, 9.17) is 95.1 Å². The Morgan fingerprint density at radius 1 is 0.437 bits per heavy atom. The lowest BCUT2D eigenvalue weighted by Gasteiger charge is -2.37. The van der Waals surface area contributed by atoms with E-state index in [1.54, 1.807) is 78.7 Å². The fourth-order valence-electron chi connectivity index (χ4n) is 14.8. The summed E-state index contributed by atoms with van der Waals surface area (Å²) >= 11 is 0. The predicted molar refractivity (Wildman–Crippen MR) is 474 cm³/mol. The first kappa shape index (κ1) is 106. The van der Waals surface area contributed by atoms with Crippen molar-refractivity contribution in [1.29, 1.82) is 21.0 Å². The molecule has 4 aliphatic rings. The summed E-state index contributed by atoms with van der Waals surface area (Å²) in [5.74, 6) is 0.507. The van der Waals surface area contributed by atoms with E-state index in [9.17, 15) is 19.2 Å². The molecule has 8 unspecified atom stereocenters. The summed E-state index contributed by atoms with van der Waals surface area (Å²) in [6.45, 7) is 43.0. The van der Waals surface area contributed by atoms with E-state index in [1.807, 2.05) is 11.5 Å². The quantitative estimate of drug-likeness (QED) is 0.0265. The van der Waals surface area contributed by atoms with Crippen molar-refractivity contribution in [2.24, 2.45) is 0 Å². The van der Waals surface area contributed by atoms with Gasteiger partial charge in [-0.25, -0.2) is 53.2 Å². The lowest BCUT2D eigenvalue weighted by Crippen LogP contribution is -2.36. The van der Waals surface area contributed by atoms with Crippen LogP contribution in [0.4, 0.5) is 0 Å². The number of nitrogens with zero attached hydrogens (tertiary/aromatic N) is 18. The molecule has 0 saturated carbocycles. The molecule has 0 bridgehead atoms. The minimum Gasteiger partial charge on any atom is -0.382 e. The number of H-pyrrole nitrogens is 2. The van der Waals surface area contributed by atoms with Gasteiger partial charge in [-0.15, -0.1) is 0 Å². The molecule has 700 valence electrons. The Bertz CT molecular complexity index is 4690. The molecule has 0 aliphatic carbocycles. The zero-order chi connectivity index (χ0) is 92.8. The highest BCUT2D eigenvalue weighted by Gasteiger charge is 2.47. The van der Waals surface area contributed by atoms with E-state index in [0.717, 1.165) is 16.9 Å². The molecular weight excluding hydrogens is 1710 g/mol. The van der Waals surface area contributed by atoms with Gasteiger partial charge in [-0.3, -0.25) is 32.8 Å². The number of methoxy groups -OCH3 is 4. The van der Waals surface area contributed by atoms with Gasteiger partial charge in [-0.05, 0) is 145 Å². The van der Waals surface area contributed by atoms with Crippen LogP contribution in [0.25, 0.3) is 22.3 Å². The highest BCUT2D eigenvalue weighted by Crippen LogP contribution is 2.54. The SMILES string of the molecule is COC[C@H]1O[C@@H](n2cc(C)c(=O)[nH]c2=O)CC1OP(OCCC#N)N(C(C)C)C(C)C.COC[C@H]1O[C@@H](n2ccc(C)nc2=O)CC1OP(OCCC#N)N(C(C)C)C(C)C.COC[C@H]1O[C@@H](n2cnc3c(=O)[nH]c(C)nc32)CC1OP(OCCC#N)N(C(C)C)C(C)C.COC[C@H]1O[C@@H](n2cnc3c(C)ncnc32)CC1OP(OCCC#N)N(C(C)C)C(C)C. The molecule has 16 atom stereocenters. The third kappa shape index (κ3) is 29.9. The van der Waals surface area contributed by atoms with Crippen molar-refractivity contribution in [2.75, 3.05) is 81.3 Å². The number of hydrogen-bond donors (Lipinski definition) is 2. The van der Waals surface area contributed by atoms with Crippen LogP contribution in [0.1, 0.15) is 210 Å². The number of hydrogen-bond acceptors (Lipinski definition) is 34. The van der Waals surface area contributed by atoms with Gasteiger partial charge in [-0.1, -0.05) is 0 Å². The molecule has 6 aromatic heterocycles. The zero-order valence-corrected chi connectivity index (χ0v) is 80.9. The Hall–Kier alpha value is -6.66. The second kappa shape index (κ2) is 53.0. The summed E-state index contributed by atoms with van der Waals surface area (Å²) in [4.78, 5) is 79.4. The molecule has 0 amide bonds. The van der Waals surface area contributed by atoms with Crippen molar-refractivity contribution in [3.63, 3.8) is 0 Å². The van der Waals surface area contributed by atoms with Gasteiger partial charge < -0.3 is 79.1 Å². The molecule has 44 heteroatoms. The molecule has 10 rings (SSSR count). The van der Waals surface area contributed by atoms with E-state index >= 15 is 0 Å². The smallest absolute Gasteiger partial charge is 0.349 e. The van der Waals surface area contributed by atoms with Gasteiger partial charge in [0, 0.05) is 126 Å². The van der Waals surface area contributed by atoms with E-state index in [1.165, 1.54) is 21.7 Å². The molecule has 0 spiro atoms. The molecule has 0 radical (unpaired) electrons. The maximum Gasteiger partial charge on any atom is 0.349 e. The Morgan fingerprint density at radius 3 is 1.10 bits per heavy atom.